The lowest BCUT2D eigenvalue weighted by Gasteiger charge is -2.06. The summed E-state index contributed by atoms with van der Waals surface area (Å²) in [5.41, 5.74) is 1.06. The summed E-state index contributed by atoms with van der Waals surface area (Å²) in [7, 11) is 1.58. The van der Waals surface area contributed by atoms with Gasteiger partial charge in [0.15, 0.2) is 0 Å². The molecule has 0 aromatic carbocycles. The van der Waals surface area contributed by atoms with Crippen molar-refractivity contribution in [3.63, 3.8) is 0 Å². The van der Waals surface area contributed by atoms with Crippen LogP contribution in [0.25, 0.3) is 0 Å². The Hall–Kier alpha value is -1.66. The van der Waals surface area contributed by atoms with Crippen molar-refractivity contribution in [2.45, 2.75) is 13.5 Å². The number of nitrogens with one attached hydrogen (secondary N) is 1. The maximum absolute atomic E-state index is 11.0. The molecule has 0 atom stereocenters. The molecule has 6 nitrogen and oxygen atoms in total. The van der Waals surface area contributed by atoms with Gasteiger partial charge < -0.3 is 19.5 Å². The van der Waals surface area contributed by atoms with Crippen LogP contribution in [0.4, 0.5) is 0 Å². The first-order valence-electron chi connectivity index (χ1n) is 6.19. The van der Waals surface area contributed by atoms with E-state index >= 15 is 0 Å². The first-order chi connectivity index (χ1) is 9.26. The second-order valence-corrected chi connectivity index (χ2v) is 3.74. The van der Waals surface area contributed by atoms with Gasteiger partial charge in [-0.1, -0.05) is 6.07 Å². The number of carbonyl (C=O) groups excluding carboxylic acids is 1. The Morgan fingerprint density at radius 1 is 1.42 bits per heavy atom. The van der Waals surface area contributed by atoms with E-state index in [2.05, 4.69) is 10.3 Å². The zero-order valence-electron chi connectivity index (χ0n) is 11.3. The van der Waals surface area contributed by atoms with Crippen molar-refractivity contribution >= 4 is 5.97 Å². The van der Waals surface area contributed by atoms with Crippen molar-refractivity contribution in [3.8, 4) is 5.88 Å². The lowest BCUT2D eigenvalue weighted by Crippen LogP contribution is -2.21. The normalized spacial score (nSPS) is 10.2. The van der Waals surface area contributed by atoms with Gasteiger partial charge in [0, 0.05) is 25.4 Å². The molecule has 0 amide bonds. The van der Waals surface area contributed by atoms with Crippen molar-refractivity contribution in [1.82, 2.24) is 10.3 Å². The van der Waals surface area contributed by atoms with Gasteiger partial charge >= 0.3 is 5.97 Å². The zero-order valence-corrected chi connectivity index (χ0v) is 11.3. The summed E-state index contributed by atoms with van der Waals surface area (Å²) in [5, 5.41) is 3.19. The molecule has 0 saturated carbocycles. The van der Waals surface area contributed by atoms with Crippen molar-refractivity contribution in [2.75, 3.05) is 33.5 Å². The molecule has 0 bridgehead atoms. The maximum atomic E-state index is 11.0. The van der Waals surface area contributed by atoms with Crippen LogP contribution in [0.1, 0.15) is 12.5 Å². The van der Waals surface area contributed by atoms with Gasteiger partial charge in [-0.15, -0.1) is 0 Å². The number of aromatic nitrogens is 1. The van der Waals surface area contributed by atoms with E-state index in [0.717, 1.165) is 5.56 Å². The van der Waals surface area contributed by atoms with Gasteiger partial charge in [-0.25, -0.2) is 9.78 Å². The van der Waals surface area contributed by atoms with Crippen LogP contribution in [-0.2, 0) is 20.8 Å². The Kier molecular flexibility index (Phi) is 7.53. The third-order valence-electron chi connectivity index (χ3n) is 2.28. The first-order valence-corrected chi connectivity index (χ1v) is 6.19. The van der Waals surface area contributed by atoms with Crippen LogP contribution in [0.2, 0.25) is 0 Å². The number of ether oxygens (including phenoxy) is 3. The largest absolute Gasteiger partial charge is 0.481 e. The van der Waals surface area contributed by atoms with Gasteiger partial charge in [-0.05, 0) is 12.5 Å². The standard InChI is InChI=1S/C13H20N2O4/c1-3-19-13(16)10-18-7-6-14-8-11-4-5-12(17-2)15-9-11/h4-5,9,14H,3,6-8,10H2,1-2H3. The number of pyridine rings is 1. The van der Waals surface area contributed by atoms with Crippen LogP contribution >= 0.6 is 0 Å². The van der Waals surface area contributed by atoms with E-state index in [1.807, 2.05) is 12.1 Å². The van der Waals surface area contributed by atoms with Crippen molar-refractivity contribution in [2.24, 2.45) is 0 Å². The van der Waals surface area contributed by atoms with Crippen LogP contribution in [-0.4, -0.2) is 44.4 Å². The van der Waals surface area contributed by atoms with Gasteiger partial charge in [-0.2, -0.15) is 0 Å². The SMILES string of the molecule is CCOC(=O)COCCNCc1ccc(OC)nc1. The second kappa shape index (κ2) is 9.29. The average molecular weight is 268 g/mol. The van der Waals surface area contributed by atoms with Crippen LogP contribution in [0, 0.1) is 0 Å². The highest BCUT2D eigenvalue weighted by atomic mass is 16.6. The quantitative estimate of drug-likeness (QED) is 0.527. The number of rotatable bonds is 9. The predicted molar refractivity (Wildman–Crippen MR) is 69.9 cm³/mol. The zero-order chi connectivity index (χ0) is 13.9. The van der Waals surface area contributed by atoms with Crippen LogP contribution in [0.3, 0.4) is 0 Å². The number of methoxy groups -OCH3 is 1. The Bertz CT molecular complexity index is 367. The minimum Gasteiger partial charge on any atom is -0.481 e. The van der Waals surface area contributed by atoms with E-state index in [9.17, 15) is 4.79 Å². The lowest BCUT2D eigenvalue weighted by atomic mass is 10.3. The monoisotopic (exact) mass is 268 g/mol. The minimum atomic E-state index is -0.332. The third kappa shape index (κ3) is 6.73. The van der Waals surface area contributed by atoms with Crippen molar-refractivity contribution in [1.29, 1.82) is 0 Å². The number of hydrogen-bond acceptors (Lipinski definition) is 6. The molecule has 0 unspecified atom stereocenters. The Balaban J connectivity index is 2.05. The number of nitrogens with zero attached hydrogens (tertiary/aromatic N) is 1. The van der Waals surface area contributed by atoms with Crippen molar-refractivity contribution < 1.29 is 19.0 Å². The van der Waals surface area contributed by atoms with Gasteiger partial charge in [0.05, 0.1) is 20.3 Å². The van der Waals surface area contributed by atoms with Gasteiger partial charge in [0.25, 0.3) is 0 Å². The molecule has 0 aliphatic rings. The molecule has 0 radical (unpaired) electrons. The number of esters is 1. The van der Waals surface area contributed by atoms with Gasteiger partial charge in [-0.3, -0.25) is 0 Å². The third-order valence-corrected chi connectivity index (χ3v) is 2.28. The summed E-state index contributed by atoms with van der Waals surface area (Å²) in [6, 6.07) is 3.76. The molecular formula is C13H20N2O4. The van der Waals surface area contributed by atoms with E-state index in [-0.39, 0.29) is 12.6 Å². The molecular weight excluding hydrogens is 248 g/mol. The molecule has 0 fully saturated rings. The first kappa shape index (κ1) is 15.4. The molecule has 1 rings (SSSR count). The fourth-order valence-electron chi connectivity index (χ4n) is 1.37. The topological polar surface area (TPSA) is 69.7 Å². The van der Waals surface area contributed by atoms with E-state index in [1.165, 1.54) is 0 Å². The minimum absolute atomic E-state index is 0.000386. The Morgan fingerprint density at radius 3 is 2.89 bits per heavy atom. The fourth-order valence-corrected chi connectivity index (χ4v) is 1.37. The smallest absolute Gasteiger partial charge is 0.332 e. The van der Waals surface area contributed by atoms with Crippen LogP contribution in [0.15, 0.2) is 18.3 Å². The summed E-state index contributed by atoms with van der Waals surface area (Å²) in [6.45, 7) is 3.96. The molecule has 1 heterocycles. The summed E-state index contributed by atoms with van der Waals surface area (Å²) in [4.78, 5) is 15.1. The highest BCUT2D eigenvalue weighted by molar-refractivity contribution is 5.70. The van der Waals surface area contributed by atoms with Gasteiger partial charge in [0.1, 0.15) is 6.61 Å². The molecule has 19 heavy (non-hydrogen) atoms. The molecule has 6 heteroatoms. The Morgan fingerprint density at radius 2 is 2.26 bits per heavy atom. The summed E-state index contributed by atoms with van der Waals surface area (Å²) in [6.07, 6.45) is 1.76. The van der Waals surface area contributed by atoms with E-state index in [4.69, 9.17) is 14.2 Å². The Labute approximate surface area is 113 Å². The van der Waals surface area contributed by atoms with Crippen LogP contribution in [0.5, 0.6) is 5.88 Å². The fraction of sp³-hybridized carbons (Fsp3) is 0.538. The van der Waals surface area contributed by atoms with E-state index in [1.54, 1.807) is 20.2 Å². The van der Waals surface area contributed by atoms with E-state index in [0.29, 0.717) is 32.2 Å². The predicted octanol–water partition coefficient (Wildman–Crippen LogP) is 0.759. The number of carbonyl (C=O) groups is 1. The van der Waals surface area contributed by atoms with Crippen LogP contribution < -0.4 is 10.1 Å². The molecule has 0 spiro atoms. The highest BCUT2D eigenvalue weighted by Gasteiger charge is 2.00. The van der Waals surface area contributed by atoms with Crippen molar-refractivity contribution in [3.05, 3.63) is 23.9 Å². The second-order valence-electron chi connectivity index (χ2n) is 3.74. The molecule has 1 aromatic rings. The summed E-state index contributed by atoms with van der Waals surface area (Å²) < 4.78 is 14.9. The lowest BCUT2D eigenvalue weighted by molar-refractivity contribution is -0.148. The van der Waals surface area contributed by atoms with E-state index < -0.39 is 0 Å². The molecule has 106 valence electrons. The molecule has 0 aliphatic carbocycles. The summed E-state index contributed by atoms with van der Waals surface area (Å²) >= 11 is 0. The highest BCUT2D eigenvalue weighted by Crippen LogP contribution is 2.05. The summed E-state index contributed by atoms with van der Waals surface area (Å²) in [5.74, 6) is 0.267. The number of hydrogen-bond donors (Lipinski definition) is 1. The molecule has 1 aromatic heterocycles. The molecule has 0 saturated heterocycles. The maximum Gasteiger partial charge on any atom is 0.332 e. The molecule has 1 N–H and O–H groups in total. The average Bonchev–Trinajstić information content (AvgIpc) is 2.43. The molecule has 0 aliphatic heterocycles. The van der Waals surface area contributed by atoms with Gasteiger partial charge in [0.2, 0.25) is 5.88 Å².